The molecule has 9 heteroatoms. The molecule has 0 aliphatic carbocycles. The maximum absolute atomic E-state index is 13.1. The first-order valence-electron chi connectivity index (χ1n) is 9.86. The van der Waals surface area contributed by atoms with Crippen molar-refractivity contribution >= 4 is 34.6 Å². The van der Waals surface area contributed by atoms with Gasteiger partial charge in [0.2, 0.25) is 0 Å². The van der Waals surface area contributed by atoms with Gasteiger partial charge in [0.25, 0.3) is 5.91 Å². The highest BCUT2D eigenvalue weighted by atomic mass is 16.5. The Hall–Kier alpha value is -3.75. The summed E-state index contributed by atoms with van der Waals surface area (Å²) < 4.78 is 11.7. The van der Waals surface area contributed by atoms with Crippen molar-refractivity contribution in [1.82, 2.24) is 14.8 Å². The first-order valence-corrected chi connectivity index (χ1v) is 9.86. The number of esters is 2. The number of anilines is 1. The van der Waals surface area contributed by atoms with E-state index >= 15 is 0 Å². The molecule has 0 aliphatic rings. The number of fused-ring (bicyclic) bond motifs is 1. The van der Waals surface area contributed by atoms with Gasteiger partial charge in [0.05, 0.1) is 41.0 Å². The number of amides is 1. The van der Waals surface area contributed by atoms with Crippen LogP contribution >= 0.6 is 0 Å². The van der Waals surface area contributed by atoms with Gasteiger partial charge < -0.3 is 14.8 Å². The molecule has 3 rings (SSSR count). The lowest BCUT2D eigenvalue weighted by atomic mass is 10.1. The molecule has 0 bridgehead atoms. The Bertz CT molecular complexity index is 1150. The smallest absolute Gasteiger partial charge is 0.338 e. The monoisotopic (exact) mass is 424 g/mol. The number of hydrogen-bond acceptors (Lipinski definition) is 7. The number of hydrogen-bond donors (Lipinski definition) is 1. The van der Waals surface area contributed by atoms with E-state index in [4.69, 9.17) is 9.47 Å². The summed E-state index contributed by atoms with van der Waals surface area (Å²) >= 11 is 0. The molecule has 9 nitrogen and oxygen atoms in total. The maximum Gasteiger partial charge on any atom is 0.338 e. The predicted molar refractivity (Wildman–Crippen MR) is 114 cm³/mol. The lowest BCUT2D eigenvalue weighted by Gasteiger charge is -2.11. The minimum absolute atomic E-state index is 0.135. The zero-order valence-corrected chi connectivity index (χ0v) is 18.1. The lowest BCUT2D eigenvalue weighted by Crippen LogP contribution is -2.16. The Morgan fingerprint density at radius 1 is 0.968 bits per heavy atom. The van der Waals surface area contributed by atoms with Gasteiger partial charge in [0, 0.05) is 18.4 Å². The SMILES string of the molecule is CCOC(=O)c1cc(NC(=O)c2cc(C)nc3c2c(C)nn3C)cc(C(=O)OCC)c1. The van der Waals surface area contributed by atoms with E-state index in [1.54, 1.807) is 45.5 Å². The van der Waals surface area contributed by atoms with Gasteiger partial charge in [0.15, 0.2) is 5.65 Å². The van der Waals surface area contributed by atoms with Gasteiger partial charge in [-0.25, -0.2) is 14.6 Å². The second-order valence-corrected chi connectivity index (χ2v) is 6.91. The van der Waals surface area contributed by atoms with Crippen molar-refractivity contribution in [1.29, 1.82) is 0 Å². The molecule has 0 aliphatic heterocycles. The third-order valence-corrected chi connectivity index (χ3v) is 4.55. The standard InChI is InChI=1S/C22H24N4O5/c1-6-30-21(28)14-9-15(22(29)31-7-2)11-16(10-14)24-20(27)17-8-12(3)23-19-18(17)13(4)25-26(19)5/h8-11H,6-7H2,1-5H3,(H,24,27). The molecule has 0 saturated heterocycles. The third-order valence-electron chi connectivity index (χ3n) is 4.55. The Balaban J connectivity index is 2.03. The minimum atomic E-state index is -0.602. The number of rotatable bonds is 6. The van der Waals surface area contributed by atoms with Crippen LogP contribution in [0.15, 0.2) is 24.3 Å². The fourth-order valence-electron chi connectivity index (χ4n) is 3.31. The number of aromatic nitrogens is 3. The average molecular weight is 424 g/mol. The van der Waals surface area contributed by atoms with Crippen LogP contribution in [-0.2, 0) is 16.5 Å². The number of nitrogens with zero attached hydrogens (tertiary/aromatic N) is 3. The van der Waals surface area contributed by atoms with Crippen molar-refractivity contribution in [3.05, 3.63) is 52.3 Å². The molecule has 162 valence electrons. The van der Waals surface area contributed by atoms with Crippen LogP contribution in [0.3, 0.4) is 0 Å². The summed E-state index contributed by atoms with van der Waals surface area (Å²) in [7, 11) is 1.76. The molecule has 0 radical (unpaired) electrons. The summed E-state index contributed by atoms with van der Waals surface area (Å²) in [6, 6.07) is 5.97. The van der Waals surface area contributed by atoms with Crippen LogP contribution in [0.4, 0.5) is 5.69 Å². The van der Waals surface area contributed by atoms with Gasteiger partial charge in [-0.1, -0.05) is 0 Å². The molecule has 0 saturated carbocycles. The molecule has 31 heavy (non-hydrogen) atoms. The van der Waals surface area contributed by atoms with Gasteiger partial charge in [0.1, 0.15) is 0 Å². The maximum atomic E-state index is 13.1. The number of pyridine rings is 1. The fraction of sp³-hybridized carbons (Fsp3) is 0.318. The molecule has 2 heterocycles. The van der Waals surface area contributed by atoms with E-state index in [-0.39, 0.29) is 30.0 Å². The highest BCUT2D eigenvalue weighted by Crippen LogP contribution is 2.24. The summed E-state index contributed by atoms with van der Waals surface area (Å²) in [5, 5.41) is 7.76. The van der Waals surface area contributed by atoms with Crippen LogP contribution in [0, 0.1) is 13.8 Å². The summed E-state index contributed by atoms with van der Waals surface area (Å²) in [6.45, 7) is 7.32. The van der Waals surface area contributed by atoms with E-state index < -0.39 is 17.8 Å². The number of carbonyl (C=O) groups is 3. The van der Waals surface area contributed by atoms with Crippen molar-refractivity contribution in [2.75, 3.05) is 18.5 Å². The average Bonchev–Trinajstić information content (AvgIpc) is 3.00. The van der Waals surface area contributed by atoms with Gasteiger partial charge in [-0.15, -0.1) is 0 Å². The molecule has 0 unspecified atom stereocenters. The molecule has 3 aromatic rings. The number of nitrogens with one attached hydrogen (secondary N) is 1. The molecule has 1 amide bonds. The summed E-state index contributed by atoms with van der Waals surface area (Å²) in [4.78, 5) is 42.1. The van der Waals surface area contributed by atoms with Gasteiger partial charge >= 0.3 is 11.9 Å². The van der Waals surface area contributed by atoms with Crippen LogP contribution in [0.25, 0.3) is 11.0 Å². The third kappa shape index (κ3) is 4.55. The molecular formula is C22H24N4O5. The number of aryl methyl sites for hydroxylation is 3. The van der Waals surface area contributed by atoms with Crippen LogP contribution < -0.4 is 5.32 Å². The summed E-state index contributed by atoms with van der Waals surface area (Å²) in [5.74, 6) is -1.62. The summed E-state index contributed by atoms with van der Waals surface area (Å²) in [6.07, 6.45) is 0. The molecule has 1 N–H and O–H groups in total. The zero-order chi connectivity index (χ0) is 22.7. The van der Waals surface area contributed by atoms with Crippen LogP contribution in [0.2, 0.25) is 0 Å². The fourth-order valence-corrected chi connectivity index (χ4v) is 3.31. The molecule has 0 fully saturated rings. The van der Waals surface area contributed by atoms with E-state index in [9.17, 15) is 14.4 Å². The highest BCUT2D eigenvalue weighted by Gasteiger charge is 2.20. The normalized spacial score (nSPS) is 10.7. The Kier molecular flexibility index (Phi) is 6.33. The summed E-state index contributed by atoms with van der Waals surface area (Å²) in [5.41, 5.74) is 2.86. The lowest BCUT2D eigenvalue weighted by molar-refractivity contribution is 0.0525. The molecular weight excluding hydrogens is 400 g/mol. The van der Waals surface area contributed by atoms with Gasteiger partial charge in [-0.3, -0.25) is 9.48 Å². The Labute approximate surface area is 179 Å². The van der Waals surface area contributed by atoms with E-state index in [0.29, 0.717) is 28.0 Å². The van der Waals surface area contributed by atoms with Crippen LogP contribution in [0.5, 0.6) is 0 Å². The topological polar surface area (TPSA) is 112 Å². The first-order chi connectivity index (χ1) is 14.7. The van der Waals surface area contributed by atoms with Crippen molar-refractivity contribution in [3.8, 4) is 0 Å². The zero-order valence-electron chi connectivity index (χ0n) is 18.1. The van der Waals surface area contributed by atoms with E-state index in [2.05, 4.69) is 15.4 Å². The van der Waals surface area contributed by atoms with Crippen molar-refractivity contribution in [2.24, 2.45) is 7.05 Å². The number of ether oxygens (including phenoxy) is 2. The molecule has 1 aromatic carbocycles. The predicted octanol–water partition coefficient (Wildman–Crippen LogP) is 3.19. The van der Waals surface area contributed by atoms with Crippen LogP contribution in [-0.4, -0.2) is 45.8 Å². The van der Waals surface area contributed by atoms with E-state index in [0.717, 1.165) is 0 Å². The number of benzene rings is 1. The largest absolute Gasteiger partial charge is 0.462 e. The van der Waals surface area contributed by atoms with Crippen molar-refractivity contribution in [3.63, 3.8) is 0 Å². The molecule has 0 spiro atoms. The second kappa shape index (κ2) is 8.95. The van der Waals surface area contributed by atoms with Gasteiger partial charge in [-0.05, 0) is 52.0 Å². The van der Waals surface area contributed by atoms with Crippen LogP contribution in [0.1, 0.15) is 56.3 Å². The van der Waals surface area contributed by atoms with Crippen molar-refractivity contribution in [2.45, 2.75) is 27.7 Å². The van der Waals surface area contributed by atoms with E-state index in [1.807, 2.05) is 0 Å². The minimum Gasteiger partial charge on any atom is -0.462 e. The van der Waals surface area contributed by atoms with Gasteiger partial charge in [-0.2, -0.15) is 5.10 Å². The Morgan fingerprint density at radius 2 is 1.55 bits per heavy atom. The molecule has 0 atom stereocenters. The quantitative estimate of drug-likeness (QED) is 0.605. The number of carbonyl (C=O) groups excluding carboxylic acids is 3. The Morgan fingerprint density at radius 3 is 2.10 bits per heavy atom. The highest BCUT2D eigenvalue weighted by molar-refractivity contribution is 6.13. The second-order valence-electron chi connectivity index (χ2n) is 6.91. The van der Waals surface area contributed by atoms with Crippen molar-refractivity contribution < 1.29 is 23.9 Å². The van der Waals surface area contributed by atoms with E-state index in [1.165, 1.54) is 18.2 Å². The molecule has 2 aromatic heterocycles. The first kappa shape index (κ1) is 21.9.